The molecule has 29 heavy (non-hydrogen) atoms. The molecular weight excluding hydrogens is 366 g/mol. The Morgan fingerprint density at radius 3 is 2.59 bits per heavy atom. The fourth-order valence-corrected chi connectivity index (χ4v) is 4.76. The minimum atomic E-state index is -0.0758. The monoisotopic (exact) mass is 393 g/mol. The van der Waals surface area contributed by atoms with Crippen molar-refractivity contribution in [1.82, 2.24) is 4.57 Å². The molecular formula is C22H27N5O2. The zero-order chi connectivity index (χ0) is 20.8. The van der Waals surface area contributed by atoms with Crippen LogP contribution < -0.4 is 14.4 Å². The Kier molecular flexibility index (Phi) is 4.71. The van der Waals surface area contributed by atoms with Crippen molar-refractivity contribution >= 4 is 27.5 Å². The molecule has 0 saturated heterocycles. The van der Waals surface area contributed by atoms with Gasteiger partial charge in [0.15, 0.2) is 5.75 Å². The maximum atomic E-state index is 8.71. The molecule has 0 saturated carbocycles. The number of benzene rings is 2. The van der Waals surface area contributed by atoms with Crippen molar-refractivity contribution in [3.05, 3.63) is 40.3 Å². The average Bonchev–Trinajstić information content (AvgIpc) is 3.01. The van der Waals surface area contributed by atoms with Crippen molar-refractivity contribution in [2.75, 3.05) is 38.8 Å². The van der Waals surface area contributed by atoms with E-state index in [4.69, 9.17) is 15.0 Å². The third kappa shape index (κ3) is 2.76. The van der Waals surface area contributed by atoms with Gasteiger partial charge in [0.1, 0.15) is 5.75 Å². The molecule has 3 aromatic rings. The number of azide groups is 1. The minimum Gasteiger partial charge on any atom is -0.494 e. The normalized spacial score (nSPS) is 15.3. The first-order valence-corrected chi connectivity index (χ1v) is 9.87. The maximum absolute atomic E-state index is 8.71. The average molecular weight is 393 g/mol. The molecule has 0 spiro atoms. The van der Waals surface area contributed by atoms with Gasteiger partial charge in [-0.2, -0.15) is 0 Å². The summed E-state index contributed by atoms with van der Waals surface area (Å²) < 4.78 is 14.3. The van der Waals surface area contributed by atoms with Crippen molar-refractivity contribution in [2.45, 2.75) is 25.7 Å². The summed E-state index contributed by atoms with van der Waals surface area (Å²) in [7, 11) is 5.55. The molecule has 2 aromatic carbocycles. The number of ether oxygens (including phenoxy) is 2. The molecule has 0 unspecified atom stereocenters. The Balaban J connectivity index is 2.16. The molecule has 0 amide bonds. The maximum Gasteiger partial charge on any atom is 0.152 e. The molecule has 1 aliphatic rings. The van der Waals surface area contributed by atoms with Gasteiger partial charge in [-0.1, -0.05) is 37.2 Å². The van der Waals surface area contributed by atoms with E-state index >= 15 is 0 Å². The second-order valence-corrected chi connectivity index (χ2v) is 8.17. The number of para-hydroxylation sites is 1. The van der Waals surface area contributed by atoms with E-state index in [1.807, 2.05) is 0 Å². The second kappa shape index (κ2) is 7.08. The topological polar surface area (TPSA) is 75.4 Å². The summed E-state index contributed by atoms with van der Waals surface area (Å²) in [5.41, 5.74) is 13.0. The zero-order valence-electron chi connectivity index (χ0n) is 17.7. The summed E-state index contributed by atoms with van der Waals surface area (Å²) in [4.78, 5) is 5.19. The lowest BCUT2D eigenvalue weighted by molar-refractivity contribution is 0.372. The molecule has 1 aromatic heterocycles. The van der Waals surface area contributed by atoms with Crippen LogP contribution in [0, 0.1) is 0 Å². The highest BCUT2D eigenvalue weighted by molar-refractivity contribution is 6.16. The molecule has 7 nitrogen and oxygen atoms in total. The number of aryl methyl sites for hydroxylation is 1. The molecule has 0 bridgehead atoms. The molecule has 0 radical (unpaired) electrons. The van der Waals surface area contributed by atoms with Gasteiger partial charge in [-0.25, -0.2) is 0 Å². The summed E-state index contributed by atoms with van der Waals surface area (Å²) in [5, 5.41) is 5.96. The van der Waals surface area contributed by atoms with Gasteiger partial charge in [0, 0.05) is 48.1 Å². The zero-order valence-corrected chi connectivity index (χ0v) is 17.7. The fraction of sp³-hybridized carbons (Fsp3) is 0.455. The van der Waals surface area contributed by atoms with Crippen LogP contribution in [0.2, 0.25) is 0 Å². The van der Waals surface area contributed by atoms with Crippen LogP contribution in [-0.2, 0) is 12.5 Å². The largest absolute Gasteiger partial charge is 0.494 e. The smallest absolute Gasteiger partial charge is 0.152 e. The summed E-state index contributed by atoms with van der Waals surface area (Å²) in [5.74, 6) is 1.76. The Morgan fingerprint density at radius 2 is 1.90 bits per heavy atom. The number of hydrogen-bond acceptors (Lipinski definition) is 4. The van der Waals surface area contributed by atoms with Crippen molar-refractivity contribution in [2.24, 2.45) is 12.2 Å². The second-order valence-electron chi connectivity index (χ2n) is 8.17. The molecule has 0 N–H and O–H groups in total. The van der Waals surface area contributed by atoms with E-state index in [9.17, 15) is 0 Å². The van der Waals surface area contributed by atoms with E-state index in [1.54, 1.807) is 14.2 Å². The van der Waals surface area contributed by atoms with Gasteiger partial charge in [-0.15, -0.1) is 0 Å². The van der Waals surface area contributed by atoms with Crippen LogP contribution in [0.5, 0.6) is 11.5 Å². The molecule has 0 atom stereocenters. The molecule has 7 heteroatoms. The van der Waals surface area contributed by atoms with E-state index in [1.165, 1.54) is 0 Å². The lowest BCUT2D eigenvalue weighted by atomic mass is 9.76. The summed E-state index contributed by atoms with van der Waals surface area (Å²) in [6.45, 7) is 6.44. The molecule has 2 heterocycles. The fourth-order valence-electron chi connectivity index (χ4n) is 4.76. The van der Waals surface area contributed by atoms with Crippen molar-refractivity contribution in [1.29, 1.82) is 0 Å². The quantitative estimate of drug-likeness (QED) is 0.342. The van der Waals surface area contributed by atoms with E-state index in [2.05, 4.69) is 64.7 Å². The van der Waals surface area contributed by atoms with Crippen LogP contribution in [0.1, 0.15) is 25.8 Å². The van der Waals surface area contributed by atoms with Gasteiger partial charge in [0.25, 0.3) is 0 Å². The number of nitrogens with zero attached hydrogens (tertiary/aromatic N) is 5. The lowest BCUT2D eigenvalue weighted by Gasteiger charge is -2.42. The molecule has 0 fully saturated rings. The van der Waals surface area contributed by atoms with Crippen LogP contribution in [0.3, 0.4) is 0 Å². The van der Waals surface area contributed by atoms with Crippen molar-refractivity contribution in [3.63, 3.8) is 0 Å². The van der Waals surface area contributed by atoms with Crippen LogP contribution >= 0.6 is 0 Å². The number of anilines is 1. The number of methoxy groups -OCH3 is 2. The molecule has 1 aliphatic heterocycles. The van der Waals surface area contributed by atoms with Crippen LogP contribution in [0.15, 0.2) is 29.4 Å². The number of hydrogen-bond donors (Lipinski definition) is 0. The minimum absolute atomic E-state index is 0.0758. The first-order valence-electron chi connectivity index (χ1n) is 9.87. The molecule has 152 valence electrons. The number of fused-ring (bicyclic) bond motifs is 4. The third-order valence-electron chi connectivity index (χ3n) is 6.17. The van der Waals surface area contributed by atoms with Crippen molar-refractivity contribution in [3.8, 4) is 11.5 Å². The standard InChI is InChI=1S/C22H27N5O2/c1-22(2)10-12-27(13-11-24-25-23)19-17(22)21(29-5)18-16(20(19)28-4)14-8-6-7-9-15(14)26(18)3/h6-9H,10-13H2,1-5H3. The number of rotatable bonds is 5. The first kappa shape index (κ1) is 19.3. The highest BCUT2D eigenvalue weighted by atomic mass is 16.5. The van der Waals surface area contributed by atoms with E-state index in [-0.39, 0.29) is 5.41 Å². The Morgan fingerprint density at radius 1 is 1.17 bits per heavy atom. The summed E-state index contributed by atoms with van der Waals surface area (Å²) >= 11 is 0. The van der Waals surface area contributed by atoms with Gasteiger partial charge in [-0.05, 0) is 23.4 Å². The summed E-state index contributed by atoms with van der Waals surface area (Å²) in [6, 6.07) is 8.36. The van der Waals surface area contributed by atoms with E-state index < -0.39 is 0 Å². The predicted octanol–water partition coefficient (Wildman–Crippen LogP) is 5.15. The SMILES string of the molecule is COc1c2c(c(OC)c3c1c1ccccc1n3C)C(C)(C)CCN2CCN=[N+]=[N-]. The summed E-state index contributed by atoms with van der Waals surface area (Å²) in [6.07, 6.45) is 0.977. The van der Waals surface area contributed by atoms with Gasteiger partial charge in [0.05, 0.1) is 30.8 Å². The lowest BCUT2D eigenvalue weighted by Crippen LogP contribution is -2.39. The van der Waals surface area contributed by atoms with E-state index in [0.29, 0.717) is 13.1 Å². The van der Waals surface area contributed by atoms with Gasteiger partial charge in [-0.3, -0.25) is 0 Å². The Labute approximate surface area is 170 Å². The van der Waals surface area contributed by atoms with Gasteiger partial charge >= 0.3 is 0 Å². The Bertz CT molecular complexity index is 1140. The van der Waals surface area contributed by atoms with Crippen LogP contribution in [-0.4, -0.2) is 38.4 Å². The highest BCUT2D eigenvalue weighted by Crippen LogP contribution is 2.55. The number of aromatic nitrogens is 1. The highest BCUT2D eigenvalue weighted by Gasteiger charge is 2.39. The van der Waals surface area contributed by atoms with Crippen molar-refractivity contribution < 1.29 is 9.47 Å². The third-order valence-corrected chi connectivity index (χ3v) is 6.17. The molecule has 4 rings (SSSR count). The van der Waals surface area contributed by atoms with Crippen LogP contribution in [0.4, 0.5) is 5.69 Å². The van der Waals surface area contributed by atoms with Gasteiger partial charge < -0.3 is 18.9 Å². The first-order chi connectivity index (χ1) is 14.0. The Hall–Kier alpha value is -3.05. The van der Waals surface area contributed by atoms with Crippen LogP contribution in [0.25, 0.3) is 32.2 Å². The van der Waals surface area contributed by atoms with E-state index in [0.717, 1.165) is 57.5 Å². The van der Waals surface area contributed by atoms with Gasteiger partial charge in [0.2, 0.25) is 0 Å². The molecule has 0 aliphatic carbocycles. The predicted molar refractivity (Wildman–Crippen MR) is 117 cm³/mol.